The van der Waals surface area contributed by atoms with Crippen LogP contribution in [-0.2, 0) is 0 Å². The molecule has 1 fully saturated rings. The van der Waals surface area contributed by atoms with E-state index in [0.29, 0.717) is 17.7 Å². The van der Waals surface area contributed by atoms with Gasteiger partial charge in [-0.05, 0) is 24.3 Å². The molecule has 1 N–H and O–H groups in total. The van der Waals surface area contributed by atoms with Gasteiger partial charge in [0.05, 0.1) is 4.92 Å². The van der Waals surface area contributed by atoms with E-state index >= 15 is 0 Å². The van der Waals surface area contributed by atoms with Gasteiger partial charge in [0.15, 0.2) is 0 Å². The highest BCUT2D eigenvalue weighted by Crippen LogP contribution is 2.31. The summed E-state index contributed by atoms with van der Waals surface area (Å²) in [5.41, 5.74) is -0.392. The van der Waals surface area contributed by atoms with Crippen LogP contribution in [-0.4, -0.2) is 16.5 Å². The standard InChI is InChI=1S/C13H16N4O2/c1-9-3-2-4-10(9)8-15-13-6-5-12(17(18)19)11(7-14)16-13/h5-6,9-10H,2-4,8H2,1H3,(H,15,16). The van der Waals surface area contributed by atoms with Gasteiger partial charge >= 0.3 is 5.69 Å². The molecule has 0 spiro atoms. The number of nitrogens with one attached hydrogen (secondary N) is 1. The van der Waals surface area contributed by atoms with Gasteiger partial charge in [-0.3, -0.25) is 10.1 Å². The summed E-state index contributed by atoms with van der Waals surface area (Å²) in [6.07, 6.45) is 3.71. The van der Waals surface area contributed by atoms with Crippen LogP contribution in [0, 0.1) is 33.3 Å². The Kier molecular flexibility index (Phi) is 3.95. The molecule has 2 atom stereocenters. The van der Waals surface area contributed by atoms with Gasteiger partial charge in [0, 0.05) is 12.6 Å². The van der Waals surface area contributed by atoms with Gasteiger partial charge < -0.3 is 5.32 Å². The van der Waals surface area contributed by atoms with Crippen molar-refractivity contribution in [2.75, 3.05) is 11.9 Å². The lowest BCUT2D eigenvalue weighted by atomic mass is 9.98. The van der Waals surface area contributed by atoms with E-state index in [1.807, 2.05) is 0 Å². The van der Waals surface area contributed by atoms with E-state index in [4.69, 9.17) is 5.26 Å². The minimum Gasteiger partial charge on any atom is -0.370 e. The lowest BCUT2D eigenvalue weighted by Crippen LogP contribution is -2.17. The highest BCUT2D eigenvalue weighted by molar-refractivity contribution is 5.50. The number of nitriles is 1. The molecule has 0 bridgehead atoms. The molecule has 2 unspecified atom stereocenters. The largest absolute Gasteiger partial charge is 0.370 e. The maximum Gasteiger partial charge on any atom is 0.305 e. The Labute approximate surface area is 111 Å². The average molecular weight is 260 g/mol. The van der Waals surface area contributed by atoms with E-state index in [1.54, 1.807) is 12.1 Å². The second-order valence-electron chi connectivity index (χ2n) is 4.98. The molecule has 0 amide bonds. The number of hydrogen-bond donors (Lipinski definition) is 1. The molecule has 1 aromatic heterocycles. The van der Waals surface area contributed by atoms with Crippen LogP contribution < -0.4 is 5.32 Å². The van der Waals surface area contributed by atoms with Crippen molar-refractivity contribution >= 4 is 11.5 Å². The van der Waals surface area contributed by atoms with Crippen LogP contribution in [0.15, 0.2) is 12.1 Å². The molecule has 0 aliphatic heterocycles. The highest BCUT2D eigenvalue weighted by atomic mass is 16.6. The van der Waals surface area contributed by atoms with Gasteiger partial charge in [-0.15, -0.1) is 0 Å². The SMILES string of the molecule is CC1CCCC1CNc1ccc([N+](=O)[O-])c(C#N)n1. The fourth-order valence-corrected chi connectivity index (χ4v) is 2.54. The fourth-order valence-electron chi connectivity index (χ4n) is 2.54. The van der Waals surface area contributed by atoms with E-state index in [0.717, 1.165) is 6.54 Å². The molecule has 0 aromatic carbocycles. The molecule has 1 saturated carbocycles. The van der Waals surface area contributed by atoms with Crippen molar-refractivity contribution in [1.82, 2.24) is 4.98 Å². The predicted molar refractivity (Wildman–Crippen MR) is 70.6 cm³/mol. The lowest BCUT2D eigenvalue weighted by molar-refractivity contribution is -0.385. The highest BCUT2D eigenvalue weighted by Gasteiger charge is 2.23. The van der Waals surface area contributed by atoms with Gasteiger partial charge in [-0.25, -0.2) is 4.98 Å². The second kappa shape index (κ2) is 5.65. The van der Waals surface area contributed by atoms with Crippen molar-refractivity contribution in [3.05, 3.63) is 27.9 Å². The molecule has 1 aromatic rings. The summed E-state index contributed by atoms with van der Waals surface area (Å²) in [6.45, 7) is 3.04. The molecule has 0 saturated heterocycles. The fraction of sp³-hybridized carbons (Fsp3) is 0.538. The number of rotatable bonds is 4. The zero-order valence-corrected chi connectivity index (χ0v) is 10.8. The zero-order valence-electron chi connectivity index (χ0n) is 10.8. The summed E-state index contributed by atoms with van der Waals surface area (Å²) in [6, 6.07) is 4.64. The first kappa shape index (κ1) is 13.3. The summed E-state index contributed by atoms with van der Waals surface area (Å²) in [5, 5.41) is 22.7. The third-order valence-electron chi connectivity index (χ3n) is 3.76. The summed E-state index contributed by atoms with van der Waals surface area (Å²) in [7, 11) is 0. The molecule has 2 rings (SSSR count). The van der Waals surface area contributed by atoms with Crippen molar-refractivity contribution in [3.63, 3.8) is 0 Å². The molecule has 1 aliphatic rings. The van der Waals surface area contributed by atoms with Crippen molar-refractivity contribution in [2.45, 2.75) is 26.2 Å². The molecule has 100 valence electrons. The average Bonchev–Trinajstić information content (AvgIpc) is 2.81. The molecular formula is C13H16N4O2. The molecule has 0 radical (unpaired) electrons. The molecule has 19 heavy (non-hydrogen) atoms. The Balaban J connectivity index is 2.05. The topological polar surface area (TPSA) is 91.9 Å². The normalized spacial score (nSPS) is 21.9. The Bertz CT molecular complexity index is 524. The Hall–Kier alpha value is -2.16. The summed E-state index contributed by atoms with van der Waals surface area (Å²) in [5.74, 6) is 1.84. The van der Waals surface area contributed by atoms with Gasteiger partial charge in [-0.1, -0.05) is 19.8 Å². The van der Waals surface area contributed by atoms with E-state index in [2.05, 4.69) is 17.2 Å². The van der Waals surface area contributed by atoms with E-state index < -0.39 is 4.92 Å². The number of nitrogens with zero attached hydrogens (tertiary/aromatic N) is 3. The molecule has 6 heteroatoms. The van der Waals surface area contributed by atoms with E-state index in [9.17, 15) is 10.1 Å². The third kappa shape index (κ3) is 2.99. The van der Waals surface area contributed by atoms with Gasteiger partial charge in [0.1, 0.15) is 11.9 Å². The van der Waals surface area contributed by atoms with Crippen LogP contribution in [0.1, 0.15) is 31.9 Å². The Morgan fingerprint density at radius 2 is 2.37 bits per heavy atom. The Morgan fingerprint density at radius 1 is 1.58 bits per heavy atom. The smallest absolute Gasteiger partial charge is 0.305 e. The maximum absolute atomic E-state index is 10.7. The van der Waals surface area contributed by atoms with E-state index in [-0.39, 0.29) is 11.4 Å². The van der Waals surface area contributed by atoms with Crippen LogP contribution >= 0.6 is 0 Å². The number of nitro groups is 1. The molecule has 6 nitrogen and oxygen atoms in total. The van der Waals surface area contributed by atoms with Gasteiger partial charge in [-0.2, -0.15) is 5.26 Å². The third-order valence-corrected chi connectivity index (χ3v) is 3.76. The van der Waals surface area contributed by atoms with Gasteiger partial charge in [0.25, 0.3) is 0 Å². The van der Waals surface area contributed by atoms with Crippen molar-refractivity contribution in [2.24, 2.45) is 11.8 Å². The quantitative estimate of drug-likeness (QED) is 0.663. The number of pyridine rings is 1. The summed E-state index contributed by atoms with van der Waals surface area (Å²) in [4.78, 5) is 14.1. The van der Waals surface area contributed by atoms with E-state index in [1.165, 1.54) is 25.3 Å². The molecular weight excluding hydrogens is 244 g/mol. The summed E-state index contributed by atoms with van der Waals surface area (Å²) >= 11 is 0. The second-order valence-corrected chi connectivity index (χ2v) is 4.98. The Morgan fingerprint density at radius 3 is 2.95 bits per heavy atom. The van der Waals surface area contributed by atoms with Crippen LogP contribution in [0.5, 0.6) is 0 Å². The van der Waals surface area contributed by atoms with Crippen LogP contribution in [0.25, 0.3) is 0 Å². The zero-order chi connectivity index (χ0) is 13.8. The lowest BCUT2D eigenvalue weighted by Gasteiger charge is -2.16. The van der Waals surface area contributed by atoms with Crippen molar-refractivity contribution < 1.29 is 4.92 Å². The summed E-state index contributed by atoms with van der Waals surface area (Å²) < 4.78 is 0. The molecule has 1 heterocycles. The minimum atomic E-state index is -0.589. The van der Waals surface area contributed by atoms with Gasteiger partial charge in [0.2, 0.25) is 5.69 Å². The van der Waals surface area contributed by atoms with Crippen molar-refractivity contribution in [3.8, 4) is 6.07 Å². The van der Waals surface area contributed by atoms with Crippen LogP contribution in [0.4, 0.5) is 11.5 Å². The predicted octanol–water partition coefficient (Wildman–Crippen LogP) is 2.71. The number of aromatic nitrogens is 1. The first-order valence-electron chi connectivity index (χ1n) is 6.41. The van der Waals surface area contributed by atoms with Crippen LogP contribution in [0.3, 0.4) is 0 Å². The maximum atomic E-state index is 10.7. The number of hydrogen-bond acceptors (Lipinski definition) is 5. The molecule has 1 aliphatic carbocycles. The first-order chi connectivity index (χ1) is 9.11. The minimum absolute atomic E-state index is 0.144. The monoisotopic (exact) mass is 260 g/mol. The van der Waals surface area contributed by atoms with Crippen molar-refractivity contribution in [1.29, 1.82) is 5.26 Å². The number of anilines is 1. The van der Waals surface area contributed by atoms with Crippen LogP contribution in [0.2, 0.25) is 0 Å². The first-order valence-corrected chi connectivity index (χ1v) is 6.41.